The van der Waals surface area contributed by atoms with Gasteiger partial charge in [-0.2, -0.15) is 4.98 Å². The summed E-state index contributed by atoms with van der Waals surface area (Å²) in [5.41, 5.74) is 1.98. The summed E-state index contributed by atoms with van der Waals surface area (Å²) in [4.78, 5) is 14.0. The molecule has 2 aliphatic carbocycles. The number of hydrogen-bond acceptors (Lipinski definition) is 5. The normalized spacial score (nSPS) is 18.2. The summed E-state index contributed by atoms with van der Waals surface area (Å²) in [7, 11) is 0. The molecule has 3 aromatic rings. The van der Waals surface area contributed by atoms with Gasteiger partial charge in [-0.05, 0) is 37.8 Å². The lowest BCUT2D eigenvalue weighted by Crippen LogP contribution is -2.17. The molecular weight excluding hydrogens is 355 g/mol. The Bertz CT molecular complexity index is 972. The van der Waals surface area contributed by atoms with Crippen molar-refractivity contribution in [1.82, 2.24) is 19.5 Å². The number of nitrogens with one attached hydrogen (secondary N) is 2. The molecule has 0 atom stereocenters. The molecule has 5 rings (SSSR count). The lowest BCUT2D eigenvalue weighted by molar-refractivity contribution is 0.535. The highest BCUT2D eigenvalue weighted by Gasteiger charge is 2.25. The number of anilines is 3. The van der Waals surface area contributed by atoms with Crippen molar-refractivity contribution in [3.05, 3.63) is 36.3 Å². The average molecular weight is 380 g/mol. The maximum atomic E-state index is 14.2. The first kappa shape index (κ1) is 17.4. The third-order valence-corrected chi connectivity index (χ3v) is 5.93. The van der Waals surface area contributed by atoms with Crippen LogP contribution in [-0.4, -0.2) is 25.6 Å². The average Bonchev–Trinajstić information content (AvgIpc) is 3.44. The van der Waals surface area contributed by atoms with Gasteiger partial charge < -0.3 is 10.6 Å². The monoisotopic (exact) mass is 380 g/mol. The predicted octanol–water partition coefficient (Wildman–Crippen LogP) is 5.18. The fourth-order valence-corrected chi connectivity index (χ4v) is 4.49. The standard InChI is InChI=1S/C21H25FN6/c22-16-11-5-6-12-17(16)25-21-26-18-13-23-20(24-14-7-1-2-8-14)27-19(18)28(21)15-9-3-4-10-15/h5-6,11-15H,1-4,7-10H2,(H,25,26)(H,23,24,27). The molecule has 2 N–H and O–H groups in total. The van der Waals surface area contributed by atoms with Crippen molar-refractivity contribution in [2.24, 2.45) is 0 Å². The number of nitrogens with zero attached hydrogens (tertiary/aromatic N) is 4. The van der Waals surface area contributed by atoms with Crippen LogP contribution in [-0.2, 0) is 0 Å². The lowest BCUT2D eigenvalue weighted by atomic mass is 10.2. The summed E-state index contributed by atoms with van der Waals surface area (Å²) >= 11 is 0. The van der Waals surface area contributed by atoms with E-state index in [9.17, 15) is 4.39 Å². The van der Waals surface area contributed by atoms with E-state index in [1.807, 2.05) is 6.07 Å². The molecule has 0 radical (unpaired) electrons. The Morgan fingerprint density at radius 2 is 1.71 bits per heavy atom. The van der Waals surface area contributed by atoms with E-state index in [1.54, 1.807) is 18.3 Å². The van der Waals surface area contributed by atoms with Crippen molar-refractivity contribution in [2.75, 3.05) is 10.6 Å². The first-order valence-electron chi connectivity index (χ1n) is 10.3. The van der Waals surface area contributed by atoms with Crippen LogP contribution >= 0.6 is 0 Å². The van der Waals surface area contributed by atoms with E-state index in [4.69, 9.17) is 9.97 Å². The van der Waals surface area contributed by atoms with Crippen LogP contribution in [0.4, 0.5) is 22.0 Å². The highest BCUT2D eigenvalue weighted by atomic mass is 19.1. The van der Waals surface area contributed by atoms with Crippen molar-refractivity contribution in [3.63, 3.8) is 0 Å². The number of aromatic nitrogens is 4. The Labute approximate surface area is 163 Å². The van der Waals surface area contributed by atoms with E-state index >= 15 is 0 Å². The van der Waals surface area contributed by atoms with Crippen molar-refractivity contribution in [1.29, 1.82) is 0 Å². The summed E-state index contributed by atoms with van der Waals surface area (Å²) in [5.74, 6) is 1.01. The number of fused-ring (bicyclic) bond motifs is 1. The van der Waals surface area contributed by atoms with E-state index in [0.29, 0.717) is 29.7 Å². The largest absolute Gasteiger partial charge is 0.351 e. The lowest BCUT2D eigenvalue weighted by Gasteiger charge is -2.17. The molecule has 2 fully saturated rings. The van der Waals surface area contributed by atoms with Gasteiger partial charge in [0.15, 0.2) is 5.65 Å². The van der Waals surface area contributed by atoms with Crippen LogP contribution in [0.2, 0.25) is 0 Å². The Kier molecular flexibility index (Phi) is 4.58. The molecule has 0 saturated heterocycles. The van der Waals surface area contributed by atoms with Gasteiger partial charge in [-0.25, -0.2) is 14.4 Å². The molecule has 2 heterocycles. The minimum atomic E-state index is -0.290. The smallest absolute Gasteiger partial charge is 0.224 e. The summed E-state index contributed by atoms with van der Waals surface area (Å²) in [6.07, 6.45) is 11.2. The molecule has 0 aliphatic heterocycles. The van der Waals surface area contributed by atoms with E-state index < -0.39 is 0 Å². The second kappa shape index (κ2) is 7.37. The second-order valence-corrected chi connectivity index (χ2v) is 7.88. The summed E-state index contributed by atoms with van der Waals surface area (Å²) in [6, 6.07) is 7.47. The van der Waals surface area contributed by atoms with E-state index in [1.165, 1.54) is 44.6 Å². The molecule has 2 aromatic heterocycles. The number of para-hydroxylation sites is 1. The SMILES string of the molecule is Fc1ccccc1Nc1nc2cnc(NC3CCCC3)nc2n1C1CCCC1. The maximum Gasteiger partial charge on any atom is 0.224 e. The molecule has 0 unspecified atom stereocenters. The van der Waals surface area contributed by atoms with Crippen LogP contribution in [0.3, 0.4) is 0 Å². The Balaban J connectivity index is 1.54. The van der Waals surface area contributed by atoms with Crippen LogP contribution in [0.15, 0.2) is 30.5 Å². The van der Waals surface area contributed by atoms with Gasteiger partial charge in [0.05, 0.1) is 11.9 Å². The number of hydrogen-bond donors (Lipinski definition) is 2. The molecule has 0 spiro atoms. The highest BCUT2D eigenvalue weighted by molar-refractivity contribution is 5.76. The first-order chi connectivity index (χ1) is 13.8. The quantitative estimate of drug-likeness (QED) is 0.638. The molecule has 7 heteroatoms. The maximum absolute atomic E-state index is 14.2. The molecule has 6 nitrogen and oxygen atoms in total. The fourth-order valence-electron chi connectivity index (χ4n) is 4.49. The van der Waals surface area contributed by atoms with Gasteiger partial charge in [0.2, 0.25) is 11.9 Å². The summed E-state index contributed by atoms with van der Waals surface area (Å²) in [5, 5.41) is 6.66. The number of rotatable bonds is 5. The van der Waals surface area contributed by atoms with Crippen molar-refractivity contribution in [3.8, 4) is 0 Å². The number of benzene rings is 1. The summed E-state index contributed by atoms with van der Waals surface area (Å²) < 4.78 is 16.3. The van der Waals surface area contributed by atoms with Crippen LogP contribution in [0, 0.1) is 5.82 Å². The van der Waals surface area contributed by atoms with Gasteiger partial charge in [-0.3, -0.25) is 4.57 Å². The zero-order valence-corrected chi connectivity index (χ0v) is 15.9. The Morgan fingerprint density at radius 1 is 0.964 bits per heavy atom. The van der Waals surface area contributed by atoms with Gasteiger partial charge in [-0.15, -0.1) is 0 Å². The van der Waals surface area contributed by atoms with Crippen molar-refractivity contribution >= 4 is 28.7 Å². The molecule has 0 amide bonds. The van der Waals surface area contributed by atoms with Gasteiger partial charge >= 0.3 is 0 Å². The highest BCUT2D eigenvalue weighted by Crippen LogP contribution is 2.36. The van der Waals surface area contributed by atoms with E-state index in [-0.39, 0.29) is 5.82 Å². The molecule has 1 aromatic carbocycles. The second-order valence-electron chi connectivity index (χ2n) is 7.88. The van der Waals surface area contributed by atoms with Crippen LogP contribution in [0.25, 0.3) is 11.2 Å². The van der Waals surface area contributed by atoms with Crippen LogP contribution in [0.1, 0.15) is 57.4 Å². The van der Waals surface area contributed by atoms with Gasteiger partial charge in [-0.1, -0.05) is 37.8 Å². The minimum Gasteiger partial charge on any atom is -0.351 e. The van der Waals surface area contributed by atoms with Gasteiger partial charge in [0, 0.05) is 12.1 Å². The Hall–Kier alpha value is -2.70. The topological polar surface area (TPSA) is 67.7 Å². The van der Waals surface area contributed by atoms with Gasteiger partial charge in [0.1, 0.15) is 11.3 Å². The molecule has 0 bridgehead atoms. The number of imidazole rings is 1. The zero-order valence-electron chi connectivity index (χ0n) is 15.9. The zero-order chi connectivity index (χ0) is 18.9. The fraction of sp³-hybridized carbons (Fsp3) is 0.476. The predicted molar refractivity (Wildman–Crippen MR) is 108 cm³/mol. The summed E-state index contributed by atoms with van der Waals surface area (Å²) in [6.45, 7) is 0. The van der Waals surface area contributed by atoms with Crippen LogP contribution < -0.4 is 10.6 Å². The van der Waals surface area contributed by atoms with Gasteiger partial charge in [0.25, 0.3) is 0 Å². The minimum absolute atomic E-state index is 0.290. The molecule has 2 aliphatic rings. The van der Waals surface area contributed by atoms with Crippen LogP contribution in [0.5, 0.6) is 0 Å². The molecule has 2 saturated carbocycles. The van der Waals surface area contributed by atoms with E-state index in [0.717, 1.165) is 24.0 Å². The molecular formula is C21H25FN6. The Morgan fingerprint density at radius 3 is 2.50 bits per heavy atom. The molecule has 28 heavy (non-hydrogen) atoms. The third-order valence-electron chi connectivity index (χ3n) is 5.93. The van der Waals surface area contributed by atoms with Crippen molar-refractivity contribution in [2.45, 2.75) is 63.5 Å². The number of halogens is 1. The van der Waals surface area contributed by atoms with E-state index in [2.05, 4.69) is 20.2 Å². The first-order valence-corrected chi connectivity index (χ1v) is 10.3. The molecule has 146 valence electrons. The third kappa shape index (κ3) is 3.30. The van der Waals surface area contributed by atoms with Crippen molar-refractivity contribution < 1.29 is 4.39 Å².